The summed E-state index contributed by atoms with van der Waals surface area (Å²) >= 11 is 0. The van der Waals surface area contributed by atoms with E-state index in [0.29, 0.717) is 13.0 Å². The molecule has 0 aromatic heterocycles. The van der Waals surface area contributed by atoms with Gasteiger partial charge in [0.05, 0.1) is 5.75 Å². The van der Waals surface area contributed by atoms with E-state index in [1.165, 1.54) is 0 Å². The summed E-state index contributed by atoms with van der Waals surface area (Å²) in [6.45, 7) is 5.95. The number of nitrogens with two attached hydrogens (primary N) is 1. The maximum Gasteiger partial charge on any atom is 0.407 e. The van der Waals surface area contributed by atoms with Crippen molar-refractivity contribution in [2.75, 3.05) is 12.3 Å². The molecule has 7 heteroatoms. The van der Waals surface area contributed by atoms with Crippen LogP contribution in [0.25, 0.3) is 0 Å². The van der Waals surface area contributed by atoms with Crippen LogP contribution in [0.1, 0.15) is 46.5 Å². The summed E-state index contributed by atoms with van der Waals surface area (Å²) in [5, 5.41) is 7.52. The van der Waals surface area contributed by atoms with Crippen LogP contribution in [0.15, 0.2) is 0 Å². The van der Waals surface area contributed by atoms with Gasteiger partial charge < -0.3 is 10.1 Å². The van der Waals surface area contributed by atoms with E-state index in [-0.39, 0.29) is 5.75 Å². The normalized spacial score (nSPS) is 12.2. The molecule has 0 aliphatic heterocycles. The Morgan fingerprint density at radius 2 is 1.72 bits per heavy atom. The van der Waals surface area contributed by atoms with E-state index >= 15 is 0 Å². The molecule has 18 heavy (non-hydrogen) atoms. The average Bonchev–Trinajstić information content (AvgIpc) is 2.11. The summed E-state index contributed by atoms with van der Waals surface area (Å²) in [7, 11) is -3.34. The number of hydrogen-bond donors (Lipinski definition) is 2. The van der Waals surface area contributed by atoms with Gasteiger partial charge >= 0.3 is 6.09 Å². The molecular weight excluding hydrogens is 256 g/mol. The molecule has 1 amide bonds. The molecule has 108 valence electrons. The monoisotopic (exact) mass is 280 g/mol. The molecule has 3 N–H and O–H groups in total. The standard InChI is InChI=1S/C11H24N2O4S/c1-11(2,3)17-10(14)13-8-6-4-5-7-9-18(12,15)16/h4-9H2,1-3H3,(H,13,14)(H2,12,15,16). The van der Waals surface area contributed by atoms with Gasteiger partial charge in [0.1, 0.15) is 5.60 Å². The molecule has 6 nitrogen and oxygen atoms in total. The zero-order valence-corrected chi connectivity index (χ0v) is 12.2. The molecule has 0 aliphatic rings. The lowest BCUT2D eigenvalue weighted by molar-refractivity contribution is 0.0527. The Morgan fingerprint density at radius 3 is 2.22 bits per heavy atom. The second-order valence-corrected chi connectivity index (χ2v) is 6.94. The molecule has 0 radical (unpaired) electrons. The van der Waals surface area contributed by atoms with Crippen LogP contribution in [0.2, 0.25) is 0 Å². The van der Waals surface area contributed by atoms with Crippen molar-refractivity contribution in [3.8, 4) is 0 Å². The number of nitrogens with one attached hydrogen (secondary N) is 1. The van der Waals surface area contributed by atoms with Gasteiger partial charge in [-0.1, -0.05) is 12.8 Å². The second kappa shape index (κ2) is 7.58. The summed E-state index contributed by atoms with van der Waals surface area (Å²) in [6, 6.07) is 0. The third kappa shape index (κ3) is 13.2. The van der Waals surface area contributed by atoms with Crippen LogP contribution < -0.4 is 10.5 Å². The van der Waals surface area contributed by atoms with E-state index < -0.39 is 21.7 Å². The van der Waals surface area contributed by atoms with E-state index in [1.807, 2.05) is 0 Å². The zero-order chi connectivity index (χ0) is 14.2. The fourth-order valence-corrected chi connectivity index (χ4v) is 1.89. The highest BCUT2D eigenvalue weighted by atomic mass is 32.2. The number of sulfonamides is 1. The Balaban J connectivity index is 3.44. The van der Waals surface area contributed by atoms with E-state index in [2.05, 4.69) is 5.32 Å². The molecule has 0 aromatic carbocycles. The summed E-state index contributed by atoms with van der Waals surface area (Å²) in [5.74, 6) is 0.0203. The number of primary sulfonamides is 1. The van der Waals surface area contributed by atoms with Crippen LogP contribution in [0.4, 0.5) is 4.79 Å². The van der Waals surface area contributed by atoms with Gasteiger partial charge in [-0.2, -0.15) is 0 Å². The van der Waals surface area contributed by atoms with Crippen LogP contribution in [-0.2, 0) is 14.8 Å². The van der Waals surface area contributed by atoms with Crippen molar-refractivity contribution >= 4 is 16.1 Å². The van der Waals surface area contributed by atoms with Crippen molar-refractivity contribution in [2.24, 2.45) is 5.14 Å². The number of carbonyl (C=O) groups excluding carboxylic acids is 1. The molecule has 0 rings (SSSR count). The quantitative estimate of drug-likeness (QED) is 0.688. The highest BCUT2D eigenvalue weighted by Crippen LogP contribution is 2.06. The van der Waals surface area contributed by atoms with Crippen LogP contribution >= 0.6 is 0 Å². The topological polar surface area (TPSA) is 98.5 Å². The zero-order valence-electron chi connectivity index (χ0n) is 11.4. The van der Waals surface area contributed by atoms with Gasteiger partial charge in [-0.05, 0) is 33.6 Å². The van der Waals surface area contributed by atoms with Crippen molar-refractivity contribution in [3.05, 3.63) is 0 Å². The Morgan fingerprint density at radius 1 is 1.17 bits per heavy atom. The molecule has 0 fully saturated rings. The van der Waals surface area contributed by atoms with Crippen molar-refractivity contribution in [1.29, 1.82) is 0 Å². The molecule has 0 aliphatic carbocycles. The van der Waals surface area contributed by atoms with Gasteiger partial charge in [0.2, 0.25) is 10.0 Å². The molecule has 0 unspecified atom stereocenters. The van der Waals surface area contributed by atoms with Crippen molar-refractivity contribution in [3.63, 3.8) is 0 Å². The maximum atomic E-state index is 11.2. The minimum Gasteiger partial charge on any atom is -0.444 e. The average molecular weight is 280 g/mol. The fourth-order valence-electron chi connectivity index (χ4n) is 1.29. The smallest absolute Gasteiger partial charge is 0.407 e. The summed E-state index contributed by atoms with van der Waals surface area (Å²) in [6.07, 6.45) is 2.57. The van der Waals surface area contributed by atoms with Crippen molar-refractivity contribution < 1.29 is 17.9 Å². The van der Waals surface area contributed by atoms with Crippen molar-refractivity contribution in [2.45, 2.75) is 52.1 Å². The lowest BCUT2D eigenvalue weighted by Crippen LogP contribution is -2.32. The molecule has 0 saturated heterocycles. The number of unbranched alkanes of at least 4 members (excludes halogenated alkanes) is 3. The lowest BCUT2D eigenvalue weighted by Gasteiger charge is -2.19. The van der Waals surface area contributed by atoms with Gasteiger partial charge in [0.15, 0.2) is 0 Å². The largest absolute Gasteiger partial charge is 0.444 e. The van der Waals surface area contributed by atoms with Crippen LogP contribution in [0.5, 0.6) is 0 Å². The van der Waals surface area contributed by atoms with E-state index in [9.17, 15) is 13.2 Å². The Kier molecular flexibility index (Phi) is 7.23. The maximum absolute atomic E-state index is 11.2. The molecule has 0 heterocycles. The van der Waals surface area contributed by atoms with E-state index in [4.69, 9.17) is 9.88 Å². The van der Waals surface area contributed by atoms with Crippen LogP contribution in [0, 0.1) is 0 Å². The number of alkyl carbamates (subject to hydrolysis) is 1. The molecule has 0 saturated carbocycles. The Labute approximate surface area is 109 Å². The molecule has 0 spiro atoms. The molecular formula is C11H24N2O4S. The third-order valence-corrected chi connectivity index (χ3v) is 2.88. The highest BCUT2D eigenvalue weighted by Gasteiger charge is 2.15. The Bertz CT molecular complexity index is 347. The number of rotatable bonds is 7. The minimum atomic E-state index is -3.34. The van der Waals surface area contributed by atoms with Gasteiger partial charge in [-0.3, -0.25) is 0 Å². The first kappa shape index (κ1) is 17.2. The first-order valence-electron chi connectivity index (χ1n) is 6.07. The molecule has 0 atom stereocenters. The van der Waals surface area contributed by atoms with Gasteiger partial charge in [0.25, 0.3) is 0 Å². The summed E-state index contributed by atoms with van der Waals surface area (Å²) in [5.41, 5.74) is -0.487. The van der Waals surface area contributed by atoms with Crippen molar-refractivity contribution in [1.82, 2.24) is 5.32 Å². The Hall–Kier alpha value is -0.820. The van der Waals surface area contributed by atoms with E-state index in [1.54, 1.807) is 20.8 Å². The first-order valence-corrected chi connectivity index (χ1v) is 7.79. The number of carbonyl (C=O) groups is 1. The predicted molar refractivity (Wildman–Crippen MR) is 70.7 cm³/mol. The fraction of sp³-hybridized carbons (Fsp3) is 0.909. The SMILES string of the molecule is CC(C)(C)OC(=O)NCCCCCCS(N)(=O)=O. The number of amides is 1. The van der Waals surface area contributed by atoms with Gasteiger partial charge in [-0.15, -0.1) is 0 Å². The van der Waals surface area contributed by atoms with Gasteiger partial charge in [0, 0.05) is 6.54 Å². The van der Waals surface area contributed by atoms with Gasteiger partial charge in [-0.25, -0.2) is 18.4 Å². The first-order chi connectivity index (χ1) is 8.10. The third-order valence-electron chi connectivity index (χ3n) is 2.02. The predicted octanol–water partition coefficient (Wildman–Crippen LogP) is 1.36. The van der Waals surface area contributed by atoms with Crippen LogP contribution in [-0.4, -0.2) is 32.4 Å². The molecule has 0 bridgehead atoms. The van der Waals surface area contributed by atoms with E-state index in [0.717, 1.165) is 19.3 Å². The minimum absolute atomic E-state index is 0.0203. The lowest BCUT2D eigenvalue weighted by atomic mass is 10.2. The second-order valence-electron chi connectivity index (χ2n) is 5.21. The summed E-state index contributed by atoms with van der Waals surface area (Å²) < 4.78 is 26.4. The highest BCUT2D eigenvalue weighted by molar-refractivity contribution is 7.89. The summed E-state index contributed by atoms with van der Waals surface area (Å²) in [4.78, 5) is 11.2. The number of ether oxygens (including phenoxy) is 1. The number of hydrogen-bond acceptors (Lipinski definition) is 4. The van der Waals surface area contributed by atoms with Crippen LogP contribution in [0.3, 0.4) is 0 Å². The molecule has 0 aromatic rings.